The third kappa shape index (κ3) is 3.92. The smallest absolute Gasteiger partial charge is 0.336 e. The molecule has 0 saturated carbocycles. The van der Waals surface area contributed by atoms with Crippen molar-refractivity contribution in [3.05, 3.63) is 122 Å². The number of benzene rings is 3. The monoisotopic (exact) mass is 482 g/mol. The van der Waals surface area contributed by atoms with E-state index in [1.54, 1.807) is 37.3 Å². The number of esters is 1. The molecule has 0 bridgehead atoms. The fourth-order valence-corrected chi connectivity index (χ4v) is 4.68. The van der Waals surface area contributed by atoms with E-state index in [2.05, 4.69) is 5.32 Å². The minimum Gasteiger partial charge on any atom is -0.489 e. The maximum Gasteiger partial charge on any atom is 0.336 e. The van der Waals surface area contributed by atoms with Gasteiger partial charge in [0.15, 0.2) is 5.78 Å². The molecule has 3 aromatic rings. The van der Waals surface area contributed by atoms with Crippen LogP contribution in [-0.4, -0.2) is 23.8 Å². The predicted molar refractivity (Wildman–Crippen MR) is 132 cm³/mol. The molecule has 5 rings (SSSR count). The van der Waals surface area contributed by atoms with E-state index in [1.165, 1.54) is 19.2 Å². The summed E-state index contributed by atoms with van der Waals surface area (Å²) in [7, 11) is 1.32. The summed E-state index contributed by atoms with van der Waals surface area (Å²) in [5.74, 6) is -0.636. The summed E-state index contributed by atoms with van der Waals surface area (Å²) < 4.78 is 10.9. The summed E-state index contributed by atoms with van der Waals surface area (Å²) in [4.78, 5) is 36.6. The lowest BCUT2D eigenvalue weighted by atomic mass is 9.80. The molecule has 1 heterocycles. The summed E-state index contributed by atoms with van der Waals surface area (Å²) in [6, 6.07) is 20.8. The number of ketones is 1. The molecule has 2 aliphatic rings. The number of hydrogen-bond acceptors (Lipinski definition) is 7. The second-order valence-electron chi connectivity index (χ2n) is 8.53. The van der Waals surface area contributed by atoms with Gasteiger partial charge in [0, 0.05) is 40.4 Å². The van der Waals surface area contributed by atoms with E-state index in [-0.39, 0.29) is 18.1 Å². The molecule has 1 atom stereocenters. The summed E-state index contributed by atoms with van der Waals surface area (Å²) in [5.41, 5.74) is 5.23. The van der Waals surface area contributed by atoms with Crippen LogP contribution in [0, 0.1) is 10.1 Å². The average molecular weight is 482 g/mol. The molecule has 0 aromatic heterocycles. The third-order valence-electron chi connectivity index (χ3n) is 6.42. The minimum atomic E-state index is -0.600. The van der Waals surface area contributed by atoms with Crippen LogP contribution in [0.5, 0.6) is 5.75 Å². The lowest BCUT2D eigenvalue weighted by Gasteiger charge is -2.29. The van der Waals surface area contributed by atoms with E-state index >= 15 is 0 Å². The number of fused-ring (bicyclic) bond motifs is 2. The number of methoxy groups -OCH3 is 1. The van der Waals surface area contributed by atoms with Gasteiger partial charge in [0.25, 0.3) is 5.69 Å². The number of allylic oxidation sites excluding steroid dienone is 2. The van der Waals surface area contributed by atoms with E-state index < -0.39 is 16.8 Å². The number of nitro benzene ring substituents is 1. The minimum absolute atomic E-state index is 0.0205. The Balaban J connectivity index is 1.45. The van der Waals surface area contributed by atoms with Crippen molar-refractivity contribution in [1.82, 2.24) is 5.32 Å². The zero-order valence-corrected chi connectivity index (χ0v) is 19.6. The normalized spacial score (nSPS) is 16.3. The topological polar surface area (TPSA) is 108 Å². The SMILES string of the molecule is COC(=O)C1=C(C)NC2=C(C(=O)c3ccccc32)C1c1ccc(OCc2ccc([N+](=O)[O-])cc2)cc1. The predicted octanol–water partition coefficient (Wildman–Crippen LogP) is 4.92. The van der Waals surface area contributed by atoms with E-state index in [1.807, 2.05) is 30.3 Å². The molecule has 0 saturated heterocycles. The van der Waals surface area contributed by atoms with Gasteiger partial charge in [-0.1, -0.05) is 36.4 Å². The van der Waals surface area contributed by atoms with Gasteiger partial charge in [-0.3, -0.25) is 14.9 Å². The van der Waals surface area contributed by atoms with Gasteiger partial charge in [-0.05, 0) is 42.3 Å². The Bertz CT molecular complexity index is 1450. The molecular formula is C28H22N2O6. The van der Waals surface area contributed by atoms with Crippen LogP contribution in [0.15, 0.2) is 89.6 Å². The van der Waals surface area contributed by atoms with E-state index in [0.717, 1.165) is 16.7 Å². The molecule has 1 unspecified atom stereocenters. The van der Waals surface area contributed by atoms with Gasteiger partial charge in [0.2, 0.25) is 0 Å². The van der Waals surface area contributed by atoms with Gasteiger partial charge in [-0.25, -0.2) is 4.79 Å². The maximum absolute atomic E-state index is 13.4. The Hall–Kier alpha value is -4.72. The van der Waals surface area contributed by atoms with E-state index in [0.29, 0.717) is 33.9 Å². The Kier molecular flexibility index (Phi) is 5.85. The first-order valence-electron chi connectivity index (χ1n) is 11.3. The van der Waals surface area contributed by atoms with Crippen LogP contribution in [0.4, 0.5) is 5.69 Å². The highest BCUT2D eigenvalue weighted by Crippen LogP contribution is 2.46. The second kappa shape index (κ2) is 9.14. The van der Waals surface area contributed by atoms with Crippen LogP contribution in [0.3, 0.4) is 0 Å². The Morgan fingerprint density at radius 1 is 1.00 bits per heavy atom. The molecule has 0 radical (unpaired) electrons. The Morgan fingerprint density at radius 3 is 2.31 bits per heavy atom. The molecular weight excluding hydrogens is 460 g/mol. The van der Waals surface area contributed by atoms with Gasteiger partial charge >= 0.3 is 5.97 Å². The number of Topliss-reactive ketones (excluding diaryl/α,β-unsaturated/α-hetero) is 1. The van der Waals surface area contributed by atoms with Crippen molar-refractivity contribution in [3.8, 4) is 5.75 Å². The molecule has 0 fully saturated rings. The van der Waals surface area contributed by atoms with Crippen molar-refractivity contribution < 1.29 is 24.0 Å². The first-order valence-corrected chi connectivity index (χ1v) is 11.3. The highest BCUT2D eigenvalue weighted by atomic mass is 16.6. The number of nitro groups is 1. The van der Waals surface area contributed by atoms with E-state index in [9.17, 15) is 19.7 Å². The highest BCUT2D eigenvalue weighted by molar-refractivity contribution is 6.23. The van der Waals surface area contributed by atoms with Gasteiger partial charge < -0.3 is 14.8 Å². The summed E-state index contributed by atoms with van der Waals surface area (Å²) in [6.07, 6.45) is 0. The number of carbonyl (C=O) groups is 2. The number of non-ortho nitro benzene ring substituents is 1. The van der Waals surface area contributed by atoms with Gasteiger partial charge in [0.1, 0.15) is 12.4 Å². The standard InChI is InChI=1S/C28H22N2O6/c1-16-23(28(32)35-2)24(25-26(29-16)21-5-3-4-6-22(21)27(25)31)18-9-13-20(14-10-18)36-15-17-7-11-19(12-8-17)30(33)34/h3-14,24,29H,15H2,1-2H3. The van der Waals surface area contributed by atoms with Crippen molar-refractivity contribution >= 4 is 23.1 Å². The van der Waals surface area contributed by atoms with Gasteiger partial charge in [-0.15, -0.1) is 0 Å². The second-order valence-corrected chi connectivity index (χ2v) is 8.53. The first kappa shape index (κ1) is 23.0. The van der Waals surface area contributed by atoms with Gasteiger partial charge in [-0.2, -0.15) is 0 Å². The fraction of sp³-hybridized carbons (Fsp3) is 0.143. The Morgan fingerprint density at radius 2 is 1.67 bits per heavy atom. The van der Waals surface area contributed by atoms with Crippen LogP contribution < -0.4 is 10.1 Å². The number of rotatable bonds is 6. The zero-order chi connectivity index (χ0) is 25.4. The molecule has 180 valence electrons. The molecule has 1 aliphatic carbocycles. The molecule has 1 aliphatic heterocycles. The quantitative estimate of drug-likeness (QED) is 0.302. The van der Waals surface area contributed by atoms with E-state index in [4.69, 9.17) is 9.47 Å². The summed E-state index contributed by atoms with van der Waals surface area (Å²) in [5, 5.41) is 14.1. The highest BCUT2D eigenvalue weighted by Gasteiger charge is 2.42. The van der Waals surface area contributed by atoms with Crippen LogP contribution in [-0.2, 0) is 16.1 Å². The number of carbonyl (C=O) groups excluding carboxylic acids is 2. The first-order chi connectivity index (χ1) is 17.4. The van der Waals surface area contributed by atoms with Crippen molar-refractivity contribution in [2.45, 2.75) is 19.4 Å². The molecule has 36 heavy (non-hydrogen) atoms. The van der Waals surface area contributed by atoms with Crippen molar-refractivity contribution in [2.24, 2.45) is 0 Å². The summed E-state index contributed by atoms with van der Waals surface area (Å²) >= 11 is 0. The average Bonchev–Trinajstić information content (AvgIpc) is 3.18. The molecule has 1 N–H and O–H groups in total. The fourth-order valence-electron chi connectivity index (χ4n) is 4.68. The molecule has 8 nitrogen and oxygen atoms in total. The van der Waals surface area contributed by atoms with Gasteiger partial charge in [0.05, 0.1) is 23.3 Å². The van der Waals surface area contributed by atoms with Crippen LogP contribution in [0.25, 0.3) is 5.70 Å². The number of nitrogens with one attached hydrogen (secondary N) is 1. The number of dihydropyridines is 1. The zero-order valence-electron chi connectivity index (χ0n) is 19.6. The molecule has 3 aromatic carbocycles. The lowest BCUT2D eigenvalue weighted by molar-refractivity contribution is -0.384. The van der Waals surface area contributed by atoms with Crippen LogP contribution in [0.1, 0.15) is 39.9 Å². The molecule has 0 amide bonds. The van der Waals surface area contributed by atoms with Crippen molar-refractivity contribution in [2.75, 3.05) is 7.11 Å². The number of ether oxygens (including phenoxy) is 2. The summed E-state index contributed by atoms with van der Waals surface area (Å²) in [6.45, 7) is 2.04. The molecule has 0 spiro atoms. The van der Waals surface area contributed by atoms with Crippen LogP contribution in [0.2, 0.25) is 0 Å². The lowest BCUT2D eigenvalue weighted by Crippen LogP contribution is -2.29. The maximum atomic E-state index is 13.4. The number of nitrogens with zero attached hydrogens (tertiary/aromatic N) is 1. The van der Waals surface area contributed by atoms with Crippen molar-refractivity contribution in [3.63, 3.8) is 0 Å². The molecule has 8 heteroatoms. The Labute approximate surface area is 207 Å². The largest absolute Gasteiger partial charge is 0.489 e. The van der Waals surface area contributed by atoms with Crippen molar-refractivity contribution in [1.29, 1.82) is 0 Å². The van der Waals surface area contributed by atoms with Crippen LogP contribution >= 0.6 is 0 Å². The third-order valence-corrected chi connectivity index (χ3v) is 6.42. The number of hydrogen-bond donors (Lipinski definition) is 1.